The van der Waals surface area contributed by atoms with Crippen molar-refractivity contribution in [2.45, 2.75) is 38.6 Å². The normalized spacial score (nSPS) is 16.0. The summed E-state index contributed by atoms with van der Waals surface area (Å²) in [6, 6.07) is 15.3. The minimum absolute atomic E-state index is 0.0280. The number of carbonyl (C=O) groups excluding carboxylic acids is 2. The van der Waals surface area contributed by atoms with Crippen molar-refractivity contribution in [3.05, 3.63) is 65.2 Å². The maximum absolute atomic E-state index is 12.2. The van der Waals surface area contributed by atoms with E-state index < -0.39 is 0 Å². The Morgan fingerprint density at radius 2 is 1.88 bits per heavy atom. The highest BCUT2D eigenvalue weighted by Gasteiger charge is 2.21. The summed E-state index contributed by atoms with van der Waals surface area (Å²) in [5, 5.41) is 3.07. The van der Waals surface area contributed by atoms with Crippen molar-refractivity contribution in [3.8, 4) is 5.75 Å². The molecule has 4 nitrogen and oxygen atoms in total. The Balaban J connectivity index is 1.54. The quantitative estimate of drug-likeness (QED) is 0.815. The number of nitrogens with one attached hydrogen (secondary N) is 1. The third kappa shape index (κ3) is 4.27. The number of ether oxygens (including phenoxy) is 1. The number of hydrogen-bond acceptors (Lipinski definition) is 3. The predicted molar refractivity (Wildman–Crippen MR) is 96.8 cm³/mol. The summed E-state index contributed by atoms with van der Waals surface area (Å²) in [4.78, 5) is 23.8. The highest BCUT2D eigenvalue weighted by Crippen LogP contribution is 2.29. The van der Waals surface area contributed by atoms with Crippen LogP contribution < -0.4 is 10.1 Å². The molecule has 0 aromatic heterocycles. The maximum atomic E-state index is 12.2. The van der Waals surface area contributed by atoms with Gasteiger partial charge < -0.3 is 10.1 Å². The number of aryl methyl sites for hydroxylation is 1. The zero-order valence-corrected chi connectivity index (χ0v) is 14.5. The Hall–Kier alpha value is -2.62. The number of ketones is 1. The van der Waals surface area contributed by atoms with Crippen molar-refractivity contribution in [1.82, 2.24) is 5.32 Å². The van der Waals surface area contributed by atoms with Gasteiger partial charge in [-0.25, -0.2) is 0 Å². The lowest BCUT2D eigenvalue weighted by atomic mass is 9.88. The molecule has 0 bridgehead atoms. The smallest absolute Gasteiger partial charge is 0.258 e. The Labute approximate surface area is 148 Å². The van der Waals surface area contributed by atoms with Crippen LogP contribution in [0.2, 0.25) is 0 Å². The molecule has 1 aliphatic carbocycles. The standard InChI is InChI=1S/C21H23NO3/c1-2-20(23)16-10-12-17(13-11-16)25-14-21(24)22-19-9-5-7-15-6-3-4-8-18(15)19/h3-4,6,8,10-13,19H,2,5,7,9,14H2,1H3,(H,22,24)/t19-/m0/s1. The van der Waals surface area contributed by atoms with Crippen molar-refractivity contribution in [3.63, 3.8) is 0 Å². The third-order valence-electron chi connectivity index (χ3n) is 4.57. The van der Waals surface area contributed by atoms with E-state index in [0.717, 1.165) is 19.3 Å². The molecule has 1 aliphatic rings. The van der Waals surface area contributed by atoms with Crippen molar-refractivity contribution in [2.75, 3.05) is 6.61 Å². The second-order valence-electron chi connectivity index (χ2n) is 6.30. The van der Waals surface area contributed by atoms with Gasteiger partial charge in [-0.15, -0.1) is 0 Å². The van der Waals surface area contributed by atoms with Crippen LogP contribution in [0.5, 0.6) is 5.75 Å². The van der Waals surface area contributed by atoms with Crippen molar-refractivity contribution in [2.24, 2.45) is 0 Å². The number of benzene rings is 2. The topological polar surface area (TPSA) is 55.4 Å². The molecule has 0 fully saturated rings. The van der Waals surface area contributed by atoms with Crippen LogP contribution >= 0.6 is 0 Å². The Kier molecular flexibility index (Phi) is 5.49. The Bertz CT molecular complexity index is 752. The van der Waals surface area contributed by atoms with E-state index in [1.807, 2.05) is 19.1 Å². The van der Waals surface area contributed by atoms with Gasteiger partial charge in [0.1, 0.15) is 5.75 Å². The van der Waals surface area contributed by atoms with Crippen LogP contribution in [-0.4, -0.2) is 18.3 Å². The molecule has 0 saturated heterocycles. The molecule has 130 valence electrons. The lowest BCUT2D eigenvalue weighted by molar-refractivity contribution is -0.123. The Morgan fingerprint density at radius 1 is 1.12 bits per heavy atom. The van der Waals surface area contributed by atoms with Crippen molar-refractivity contribution >= 4 is 11.7 Å². The largest absolute Gasteiger partial charge is 0.484 e. The fourth-order valence-electron chi connectivity index (χ4n) is 3.23. The van der Waals surface area contributed by atoms with Gasteiger partial charge in [0.15, 0.2) is 12.4 Å². The van der Waals surface area contributed by atoms with E-state index >= 15 is 0 Å². The van der Waals surface area contributed by atoms with Crippen LogP contribution in [0.4, 0.5) is 0 Å². The highest BCUT2D eigenvalue weighted by atomic mass is 16.5. The van der Waals surface area contributed by atoms with E-state index in [2.05, 4.69) is 17.4 Å². The van der Waals surface area contributed by atoms with E-state index in [1.54, 1.807) is 24.3 Å². The molecule has 0 unspecified atom stereocenters. The third-order valence-corrected chi connectivity index (χ3v) is 4.57. The number of Topliss-reactive ketones (excluding diaryl/α,β-unsaturated/α-hetero) is 1. The number of fused-ring (bicyclic) bond motifs is 1. The second-order valence-corrected chi connectivity index (χ2v) is 6.30. The summed E-state index contributed by atoms with van der Waals surface area (Å²) in [5.74, 6) is 0.558. The van der Waals surface area contributed by atoms with Crippen molar-refractivity contribution in [1.29, 1.82) is 0 Å². The molecule has 4 heteroatoms. The van der Waals surface area contributed by atoms with Gasteiger partial charge in [0, 0.05) is 12.0 Å². The molecule has 0 spiro atoms. The molecule has 2 aromatic rings. The van der Waals surface area contributed by atoms with Crippen LogP contribution in [0, 0.1) is 0 Å². The lowest BCUT2D eigenvalue weighted by Gasteiger charge is -2.26. The van der Waals surface area contributed by atoms with Crippen molar-refractivity contribution < 1.29 is 14.3 Å². The van der Waals surface area contributed by atoms with Gasteiger partial charge in [-0.3, -0.25) is 9.59 Å². The minimum atomic E-state index is -0.129. The summed E-state index contributed by atoms with van der Waals surface area (Å²) in [5.41, 5.74) is 3.19. The molecule has 0 radical (unpaired) electrons. The molecule has 3 rings (SSSR count). The number of rotatable bonds is 6. The first-order valence-electron chi connectivity index (χ1n) is 8.80. The zero-order valence-electron chi connectivity index (χ0n) is 14.5. The highest BCUT2D eigenvalue weighted by molar-refractivity contribution is 5.95. The molecule has 1 amide bonds. The van der Waals surface area contributed by atoms with E-state index in [-0.39, 0.29) is 24.3 Å². The van der Waals surface area contributed by atoms with Gasteiger partial charge in [0.25, 0.3) is 5.91 Å². The van der Waals surface area contributed by atoms with Gasteiger partial charge in [-0.1, -0.05) is 31.2 Å². The van der Waals surface area contributed by atoms with Gasteiger partial charge in [0.05, 0.1) is 6.04 Å². The first-order chi connectivity index (χ1) is 12.2. The lowest BCUT2D eigenvalue weighted by Crippen LogP contribution is -2.34. The summed E-state index contributed by atoms with van der Waals surface area (Å²) in [7, 11) is 0. The minimum Gasteiger partial charge on any atom is -0.484 e. The fraction of sp³-hybridized carbons (Fsp3) is 0.333. The fourth-order valence-corrected chi connectivity index (χ4v) is 3.23. The second kappa shape index (κ2) is 7.97. The average molecular weight is 337 g/mol. The van der Waals surface area contributed by atoms with Gasteiger partial charge in [-0.05, 0) is 54.7 Å². The van der Waals surface area contributed by atoms with Gasteiger partial charge in [-0.2, -0.15) is 0 Å². The SMILES string of the molecule is CCC(=O)c1ccc(OCC(=O)N[C@H]2CCCc3ccccc32)cc1. The molecule has 1 N–H and O–H groups in total. The molecular formula is C21H23NO3. The first-order valence-corrected chi connectivity index (χ1v) is 8.80. The van der Waals surface area contributed by atoms with Crippen LogP contribution in [-0.2, 0) is 11.2 Å². The Morgan fingerprint density at radius 3 is 2.64 bits per heavy atom. The molecule has 0 aliphatic heterocycles. The predicted octanol–water partition coefficient (Wildman–Crippen LogP) is 3.85. The summed E-state index contributed by atoms with van der Waals surface area (Å²) < 4.78 is 5.54. The number of hydrogen-bond donors (Lipinski definition) is 1. The van der Waals surface area contributed by atoms with Crippen LogP contribution in [0.15, 0.2) is 48.5 Å². The van der Waals surface area contributed by atoms with E-state index in [0.29, 0.717) is 17.7 Å². The number of carbonyl (C=O) groups is 2. The summed E-state index contributed by atoms with van der Waals surface area (Å²) in [6.07, 6.45) is 3.58. The average Bonchev–Trinajstić information content (AvgIpc) is 2.66. The monoisotopic (exact) mass is 337 g/mol. The molecule has 25 heavy (non-hydrogen) atoms. The van der Waals surface area contributed by atoms with E-state index in [4.69, 9.17) is 4.74 Å². The summed E-state index contributed by atoms with van der Waals surface area (Å²) >= 11 is 0. The van der Waals surface area contributed by atoms with Crippen LogP contribution in [0.25, 0.3) is 0 Å². The molecule has 2 aromatic carbocycles. The molecule has 0 heterocycles. The first kappa shape index (κ1) is 17.2. The van der Waals surface area contributed by atoms with Gasteiger partial charge >= 0.3 is 0 Å². The van der Waals surface area contributed by atoms with Crippen LogP contribution in [0.3, 0.4) is 0 Å². The van der Waals surface area contributed by atoms with E-state index in [1.165, 1.54) is 11.1 Å². The molecule has 1 atom stereocenters. The molecule has 0 saturated carbocycles. The van der Waals surface area contributed by atoms with Crippen LogP contribution in [0.1, 0.15) is 53.7 Å². The number of amides is 1. The molecular weight excluding hydrogens is 314 g/mol. The summed E-state index contributed by atoms with van der Waals surface area (Å²) in [6.45, 7) is 1.81. The zero-order chi connectivity index (χ0) is 17.6. The maximum Gasteiger partial charge on any atom is 0.258 e. The van der Waals surface area contributed by atoms with E-state index in [9.17, 15) is 9.59 Å². The van der Waals surface area contributed by atoms with Gasteiger partial charge in [0.2, 0.25) is 0 Å².